The second-order valence-electron chi connectivity index (χ2n) is 7.73. The molecule has 7 heteroatoms. The summed E-state index contributed by atoms with van der Waals surface area (Å²) >= 11 is 1.47. The minimum Gasteiger partial charge on any atom is -0.451 e. The Kier molecular flexibility index (Phi) is 5.67. The van der Waals surface area contributed by atoms with E-state index in [-0.39, 0.29) is 12.5 Å². The lowest BCUT2D eigenvalue weighted by atomic mass is 9.90. The fraction of sp³-hybridized carbons (Fsp3) is 0.409. The van der Waals surface area contributed by atoms with Crippen molar-refractivity contribution in [1.82, 2.24) is 0 Å². The molecule has 2 aromatic rings. The van der Waals surface area contributed by atoms with Gasteiger partial charge in [-0.3, -0.25) is 9.59 Å². The molecule has 1 aromatic carbocycles. The summed E-state index contributed by atoms with van der Waals surface area (Å²) in [5, 5.41) is 2.73. The highest BCUT2D eigenvalue weighted by Gasteiger charge is 2.23. The normalized spacial score (nSPS) is 18.4. The van der Waals surface area contributed by atoms with Crippen molar-refractivity contribution in [2.24, 2.45) is 5.92 Å². The molecule has 2 aliphatic rings. The second-order valence-corrected chi connectivity index (χ2v) is 8.87. The number of rotatable bonds is 5. The summed E-state index contributed by atoms with van der Waals surface area (Å²) in [4.78, 5) is 40.0. The fourth-order valence-corrected chi connectivity index (χ4v) is 4.98. The number of nitrogens with one attached hydrogen (secondary N) is 1. The Morgan fingerprint density at radius 1 is 1.28 bits per heavy atom. The number of aryl methyl sites for hydroxylation is 1. The van der Waals surface area contributed by atoms with Crippen LogP contribution in [0.1, 0.15) is 46.3 Å². The molecule has 1 atom stereocenters. The molecule has 1 aromatic heterocycles. The summed E-state index contributed by atoms with van der Waals surface area (Å²) in [5.74, 6) is -0.129. The number of carbonyl (C=O) groups excluding carboxylic acids is 3. The fourth-order valence-electron chi connectivity index (χ4n) is 3.88. The summed E-state index contributed by atoms with van der Waals surface area (Å²) < 4.78 is 5.21. The average molecular weight is 413 g/mol. The van der Waals surface area contributed by atoms with Crippen molar-refractivity contribution in [1.29, 1.82) is 0 Å². The van der Waals surface area contributed by atoms with Crippen LogP contribution < -0.4 is 10.2 Å². The number of anilines is 2. The number of thiophene rings is 1. The number of ether oxygens (including phenoxy) is 1. The molecule has 2 heterocycles. The van der Waals surface area contributed by atoms with Crippen LogP contribution in [-0.4, -0.2) is 30.9 Å². The number of fused-ring (bicyclic) bond motifs is 1. The van der Waals surface area contributed by atoms with Gasteiger partial charge < -0.3 is 15.0 Å². The summed E-state index contributed by atoms with van der Waals surface area (Å²) in [7, 11) is 0. The Morgan fingerprint density at radius 2 is 2.14 bits per heavy atom. The van der Waals surface area contributed by atoms with Crippen molar-refractivity contribution in [3.05, 3.63) is 45.6 Å². The molecular weight excluding hydrogens is 388 g/mol. The lowest BCUT2D eigenvalue weighted by Crippen LogP contribution is -2.24. The van der Waals surface area contributed by atoms with Crippen molar-refractivity contribution < 1.29 is 19.1 Å². The van der Waals surface area contributed by atoms with Crippen LogP contribution >= 0.6 is 11.3 Å². The molecule has 0 bridgehead atoms. The highest BCUT2D eigenvalue weighted by atomic mass is 32.1. The first-order chi connectivity index (χ1) is 14.0. The molecule has 2 amide bonds. The third kappa shape index (κ3) is 4.50. The first-order valence-electron chi connectivity index (χ1n) is 9.98. The number of amides is 2. The van der Waals surface area contributed by atoms with Crippen LogP contribution in [-0.2, 0) is 27.2 Å². The summed E-state index contributed by atoms with van der Waals surface area (Å²) in [5.41, 5.74) is 2.57. The van der Waals surface area contributed by atoms with Crippen molar-refractivity contribution in [2.75, 3.05) is 23.4 Å². The van der Waals surface area contributed by atoms with Crippen LogP contribution in [0.15, 0.2) is 30.3 Å². The minimum absolute atomic E-state index is 0.0930. The van der Waals surface area contributed by atoms with E-state index >= 15 is 0 Å². The van der Waals surface area contributed by atoms with E-state index in [0.717, 1.165) is 31.4 Å². The van der Waals surface area contributed by atoms with E-state index in [1.165, 1.54) is 21.8 Å². The predicted molar refractivity (Wildman–Crippen MR) is 112 cm³/mol. The zero-order valence-corrected chi connectivity index (χ0v) is 17.2. The molecule has 1 fully saturated rings. The smallest absolute Gasteiger partial charge is 0.348 e. The Hall–Kier alpha value is -2.67. The van der Waals surface area contributed by atoms with Gasteiger partial charge in [0.25, 0.3) is 5.91 Å². The summed E-state index contributed by atoms with van der Waals surface area (Å²) in [6.45, 7) is 2.57. The van der Waals surface area contributed by atoms with Gasteiger partial charge in [-0.25, -0.2) is 4.79 Å². The number of nitrogens with zero attached hydrogens (tertiary/aromatic N) is 1. The van der Waals surface area contributed by atoms with E-state index in [1.54, 1.807) is 23.1 Å². The van der Waals surface area contributed by atoms with Gasteiger partial charge in [-0.1, -0.05) is 13.0 Å². The van der Waals surface area contributed by atoms with Gasteiger partial charge in [0.2, 0.25) is 5.91 Å². The third-order valence-corrected chi connectivity index (χ3v) is 6.60. The maximum atomic E-state index is 12.3. The Labute approximate surface area is 173 Å². The highest BCUT2D eigenvalue weighted by Crippen LogP contribution is 2.32. The molecule has 6 nitrogen and oxygen atoms in total. The zero-order chi connectivity index (χ0) is 20.4. The molecule has 29 heavy (non-hydrogen) atoms. The zero-order valence-electron chi connectivity index (χ0n) is 16.4. The van der Waals surface area contributed by atoms with Crippen molar-refractivity contribution >= 4 is 40.5 Å². The number of hydrogen-bond acceptors (Lipinski definition) is 5. The van der Waals surface area contributed by atoms with Crippen LogP contribution in [0.3, 0.4) is 0 Å². The van der Waals surface area contributed by atoms with Crippen molar-refractivity contribution in [3.63, 3.8) is 0 Å². The Morgan fingerprint density at radius 3 is 2.93 bits per heavy atom. The SMILES string of the molecule is CC1CCc2sc(C(=O)OCC(=O)Nc3cccc(N4CCCC4=O)c3)cc2C1. The van der Waals surface area contributed by atoms with Crippen LogP contribution in [0.5, 0.6) is 0 Å². The van der Waals surface area contributed by atoms with Gasteiger partial charge in [0.05, 0.1) is 0 Å². The largest absolute Gasteiger partial charge is 0.451 e. The first-order valence-corrected chi connectivity index (χ1v) is 10.8. The molecule has 1 saturated heterocycles. The van der Waals surface area contributed by atoms with Crippen LogP contribution in [0, 0.1) is 5.92 Å². The monoisotopic (exact) mass is 412 g/mol. The Bertz CT molecular complexity index is 952. The van der Waals surface area contributed by atoms with Gasteiger partial charge in [0.1, 0.15) is 4.88 Å². The number of hydrogen-bond donors (Lipinski definition) is 1. The molecule has 0 saturated carbocycles. The maximum absolute atomic E-state index is 12.3. The van der Waals surface area contributed by atoms with Gasteiger partial charge in [-0.05, 0) is 61.4 Å². The maximum Gasteiger partial charge on any atom is 0.348 e. The van der Waals surface area contributed by atoms with Gasteiger partial charge in [0.15, 0.2) is 6.61 Å². The first kappa shape index (κ1) is 19.6. The highest BCUT2D eigenvalue weighted by molar-refractivity contribution is 7.14. The number of esters is 1. The van der Waals surface area contributed by atoms with Gasteiger partial charge in [-0.2, -0.15) is 0 Å². The number of benzene rings is 1. The third-order valence-electron chi connectivity index (χ3n) is 5.38. The van der Waals surface area contributed by atoms with E-state index < -0.39 is 11.9 Å². The lowest BCUT2D eigenvalue weighted by molar-refractivity contribution is -0.119. The van der Waals surface area contributed by atoms with E-state index in [9.17, 15) is 14.4 Å². The lowest BCUT2D eigenvalue weighted by Gasteiger charge is -2.16. The molecule has 1 unspecified atom stereocenters. The quantitative estimate of drug-likeness (QED) is 0.758. The van der Waals surface area contributed by atoms with Crippen molar-refractivity contribution in [3.8, 4) is 0 Å². The average Bonchev–Trinajstić information content (AvgIpc) is 3.32. The van der Waals surface area contributed by atoms with Gasteiger partial charge >= 0.3 is 5.97 Å². The van der Waals surface area contributed by atoms with Crippen LogP contribution in [0.4, 0.5) is 11.4 Å². The van der Waals surface area contributed by atoms with E-state index in [0.29, 0.717) is 29.4 Å². The van der Waals surface area contributed by atoms with Gasteiger partial charge in [-0.15, -0.1) is 11.3 Å². The summed E-state index contributed by atoms with van der Waals surface area (Å²) in [6.07, 6.45) is 4.54. The molecule has 152 valence electrons. The van der Waals surface area contributed by atoms with Crippen LogP contribution in [0.25, 0.3) is 0 Å². The van der Waals surface area contributed by atoms with E-state index in [4.69, 9.17) is 4.74 Å². The molecule has 0 spiro atoms. The van der Waals surface area contributed by atoms with Crippen LogP contribution in [0.2, 0.25) is 0 Å². The molecule has 1 aliphatic carbocycles. The molecular formula is C22H24N2O4S. The molecule has 1 aliphatic heterocycles. The van der Waals surface area contributed by atoms with Gasteiger partial charge in [0, 0.05) is 29.2 Å². The summed E-state index contributed by atoms with van der Waals surface area (Å²) in [6, 6.07) is 9.06. The minimum atomic E-state index is -0.455. The molecule has 4 rings (SSSR count). The Balaban J connectivity index is 1.32. The number of carbonyl (C=O) groups is 3. The molecule has 0 radical (unpaired) electrons. The topological polar surface area (TPSA) is 75.7 Å². The second kappa shape index (κ2) is 8.37. The van der Waals surface area contributed by atoms with Crippen molar-refractivity contribution in [2.45, 2.75) is 39.0 Å². The van der Waals surface area contributed by atoms with E-state index in [2.05, 4.69) is 12.2 Å². The standard InChI is InChI=1S/C22H24N2O4S/c1-14-7-8-18-15(10-14)11-19(29-18)22(27)28-13-20(25)23-16-4-2-5-17(12-16)24-9-3-6-21(24)26/h2,4-5,11-12,14H,3,6-10,13H2,1H3,(H,23,25). The predicted octanol–water partition coefficient (Wildman–Crippen LogP) is 3.80. The van der Waals surface area contributed by atoms with E-state index in [1.807, 2.05) is 12.1 Å². The molecule has 1 N–H and O–H groups in total.